The summed E-state index contributed by atoms with van der Waals surface area (Å²) in [6.07, 6.45) is 2.32. The number of fused-ring (bicyclic) bond motifs is 1. The van der Waals surface area contributed by atoms with Crippen molar-refractivity contribution in [1.29, 1.82) is 0 Å². The van der Waals surface area contributed by atoms with Gasteiger partial charge in [-0.2, -0.15) is 0 Å². The third-order valence-electron chi connectivity index (χ3n) is 4.14. The fourth-order valence-corrected chi connectivity index (χ4v) is 3.17. The maximum Gasteiger partial charge on any atom is 0.127 e. The topological polar surface area (TPSA) is 32.7 Å². The van der Waals surface area contributed by atoms with Crippen LogP contribution in [-0.2, 0) is 0 Å². The van der Waals surface area contributed by atoms with Crippen molar-refractivity contribution in [2.45, 2.75) is 52.6 Å². The van der Waals surface area contributed by atoms with Gasteiger partial charge in [-0.05, 0) is 30.9 Å². The second kappa shape index (κ2) is 6.49. The largest absolute Gasteiger partial charge is 0.508 e. The molecule has 20 heavy (non-hydrogen) atoms. The molecule has 0 aliphatic carbocycles. The van der Waals surface area contributed by atoms with Crippen molar-refractivity contribution in [3.8, 4) is 11.5 Å². The van der Waals surface area contributed by atoms with Crippen LogP contribution in [0.3, 0.4) is 0 Å². The molecular formula is C17H27NO2. The van der Waals surface area contributed by atoms with Crippen LogP contribution in [0.4, 0.5) is 0 Å². The number of hydrogen-bond acceptors (Lipinski definition) is 3. The molecule has 0 saturated carbocycles. The van der Waals surface area contributed by atoms with Crippen LogP contribution in [0, 0.1) is 5.92 Å². The molecule has 0 aromatic heterocycles. The molecule has 1 aromatic rings. The van der Waals surface area contributed by atoms with Crippen LogP contribution in [-0.4, -0.2) is 29.2 Å². The molecule has 2 rings (SSSR count). The van der Waals surface area contributed by atoms with Gasteiger partial charge in [0.1, 0.15) is 18.1 Å². The summed E-state index contributed by atoms with van der Waals surface area (Å²) in [5, 5.41) is 9.57. The van der Waals surface area contributed by atoms with Gasteiger partial charge in [0.2, 0.25) is 0 Å². The first-order valence-corrected chi connectivity index (χ1v) is 7.78. The third kappa shape index (κ3) is 3.09. The summed E-state index contributed by atoms with van der Waals surface area (Å²) in [5.41, 5.74) is 1.22. The third-order valence-corrected chi connectivity index (χ3v) is 4.14. The Morgan fingerprint density at radius 1 is 1.30 bits per heavy atom. The molecule has 0 amide bonds. The summed E-state index contributed by atoms with van der Waals surface area (Å²) < 4.78 is 5.79. The highest BCUT2D eigenvalue weighted by Gasteiger charge is 2.33. The van der Waals surface area contributed by atoms with Crippen LogP contribution in [0.2, 0.25) is 0 Å². The number of hydrogen-bond donors (Lipinski definition) is 1. The SMILES string of the molecule is CCC(CC)N(CC(C)C)C1COc2cc(O)ccc21. The van der Waals surface area contributed by atoms with Gasteiger partial charge < -0.3 is 9.84 Å². The Balaban J connectivity index is 2.27. The van der Waals surface area contributed by atoms with Crippen molar-refractivity contribution >= 4 is 0 Å². The van der Waals surface area contributed by atoms with Gasteiger partial charge in [0, 0.05) is 24.2 Å². The lowest BCUT2D eigenvalue weighted by Crippen LogP contribution is -2.40. The number of benzene rings is 1. The molecule has 112 valence electrons. The molecule has 1 atom stereocenters. The lowest BCUT2D eigenvalue weighted by molar-refractivity contribution is 0.0923. The van der Waals surface area contributed by atoms with E-state index in [1.54, 1.807) is 12.1 Å². The van der Waals surface area contributed by atoms with Gasteiger partial charge in [-0.3, -0.25) is 4.90 Å². The fourth-order valence-electron chi connectivity index (χ4n) is 3.17. The minimum atomic E-state index is 0.280. The second-order valence-electron chi connectivity index (χ2n) is 6.11. The Kier molecular flexibility index (Phi) is 4.92. The van der Waals surface area contributed by atoms with Crippen molar-refractivity contribution in [3.63, 3.8) is 0 Å². The molecular weight excluding hydrogens is 250 g/mol. The molecule has 1 aliphatic rings. The van der Waals surface area contributed by atoms with Gasteiger partial charge in [-0.15, -0.1) is 0 Å². The average Bonchev–Trinajstić information content (AvgIpc) is 2.81. The van der Waals surface area contributed by atoms with Gasteiger partial charge in [-0.1, -0.05) is 27.7 Å². The van der Waals surface area contributed by atoms with E-state index in [0.29, 0.717) is 24.6 Å². The van der Waals surface area contributed by atoms with Crippen molar-refractivity contribution in [3.05, 3.63) is 23.8 Å². The lowest BCUT2D eigenvalue weighted by atomic mass is 10.00. The van der Waals surface area contributed by atoms with Crippen LogP contribution in [0.25, 0.3) is 0 Å². The molecule has 1 N–H and O–H groups in total. The molecule has 0 saturated heterocycles. The molecule has 0 bridgehead atoms. The molecule has 3 heteroatoms. The van der Waals surface area contributed by atoms with Gasteiger partial charge >= 0.3 is 0 Å². The fraction of sp³-hybridized carbons (Fsp3) is 0.647. The van der Waals surface area contributed by atoms with Crippen LogP contribution >= 0.6 is 0 Å². The van der Waals surface area contributed by atoms with Crippen LogP contribution < -0.4 is 4.74 Å². The Morgan fingerprint density at radius 2 is 2.00 bits per heavy atom. The van der Waals surface area contributed by atoms with Gasteiger partial charge in [0.15, 0.2) is 0 Å². The second-order valence-corrected chi connectivity index (χ2v) is 6.11. The number of phenols is 1. The van der Waals surface area contributed by atoms with Crippen LogP contribution in [0.5, 0.6) is 11.5 Å². The van der Waals surface area contributed by atoms with Gasteiger partial charge in [0.25, 0.3) is 0 Å². The van der Waals surface area contributed by atoms with E-state index in [0.717, 1.165) is 25.1 Å². The molecule has 1 unspecified atom stereocenters. The summed E-state index contributed by atoms with van der Waals surface area (Å²) in [6.45, 7) is 10.8. The number of rotatable bonds is 6. The first-order valence-electron chi connectivity index (χ1n) is 7.78. The summed E-state index contributed by atoms with van der Waals surface area (Å²) >= 11 is 0. The summed E-state index contributed by atoms with van der Waals surface area (Å²) in [4.78, 5) is 2.59. The number of nitrogens with zero attached hydrogens (tertiary/aromatic N) is 1. The Hall–Kier alpha value is -1.22. The summed E-state index contributed by atoms with van der Waals surface area (Å²) in [5.74, 6) is 1.76. The van der Waals surface area contributed by atoms with Gasteiger partial charge in [0.05, 0.1) is 6.04 Å². The van der Waals surface area contributed by atoms with Crippen molar-refractivity contribution in [1.82, 2.24) is 4.90 Å². The lowest BCUT2D eigenvalue weighted by Gasteiger charge is -2.36. The van der Waals surface area contributed by atoms with E-state index >= 15 is 0 Å². The predicted molar refractivity (Wildman–Crippen MR) is 82.3 cm³/mol. The van der Waals surface area contributed by atoms with E-state index in [-0.39, 0.29) is 5.75 Å². The zero-order chi connectivity index (χ0) is 14.7. The first-order chi connectivity index (χ1) is 9.56. The maximum atomic E-state index is 9.57. The Morgan fingerprint density at radius 3 is 2.60 bits per heavy atom. The van der Waals surface area contributed by atoms with E-state index in [1.807, 2.05) is 6.07 Å². The highest BCUT2D eigenvalue weighted by Crippen LogP contribution is 2.39. The summed E-state index contributed by atoms with van der Waals surface area (Å²) in [6, 6.07) is 6.41. The van der Waals surface area contributed by atoms with E-state index in [9.17, 15) is 5.11 Å². The molecule has 0 radical (unpaired) electrons. The van der Waals surface area contributed by atoms with E-state index in [1.165, 1.54) is 5.56 Å². The van der Waals surface area contributed by atoms with Crippen LogP contribution in [0.15, 0.2) is 18.2 Å². The zero-order valence-corrected chi connectivity index (χ0v) is 13.1. The quantitative estimate of drug-likeness (QED) is 0.854. The first kappa shape index (κ1) is 15.2. The average molecular weight is 277 g/mol. The van der Waals surface area contributed by atoms with Crippen LogP contribution in [0.1, 0.15) is 52.1 Å². The van der Waals surface area contributed by atoms with Crippen molar-refractivity contribution in [2.75, 3.05) is 13.2 Å². The Bertz CT molecular complexity index is 441. The van der Waals surface area contributed by atoms with Crippen molar-refractivity contribution in [2.24, 2.45) is 5.92 Å². The minimum Gasteiger partial charge on any atom is -0.508 e. The molecule has 3 nitrogen and oxygen atoms in total. The smallest absolute Gasteiger partial charge is 0.127 e. The van der Waals surface area contributed by atoms with Crippen molar-refractivity contribution < 1.29 is 9.84 Å². The normalized spacial score (nSPS) is 17.9. The molecule has 0 fully saturated rings. The van der Waals surface area contributed by atoms with E-state index in [2.05, 4.69) is 32.6 Å². The molecule has 0 spiro atoms. The number of aromatic hydroxyl groups is 1. The standard InChI is InChI=1S/C17H27NO2/c1-5-13(6-2)18(10-12(3)4)16-11-20-17-9-14(19)7-8-15(16)17/h7-9,12-13,16,19H,5-6,10-11H2,1-4H3. The highest BCUT2D eigenvalue weighted by atomic mass is 16.5. The monoisotopic (exact) mass is 277 g/mol. The molecule has 1 heterocycles. The number of ether oxygens (including phenoxy) is 1. The van der Waals surface area contributed by atoms with E-state index < -0.39 is 0 Å². The number of phenolic OH excluding ortho intramolecular Hbond substituents is 1. The molecule has 1 aromatic carbocycles. The highest BCUT2D eigenvalue weighted by molar-refractivity contribution is 5.44. The Labute approximate surface area is 122 Å². The van der Waals surface area contributed by atoms with Gasteiger partial charge in [-0.25, -0.2) is 0 Å². The summed E-state index contributed by atoms with van der Waals surface area (Å²) in [7, 11) is 0. The van der Waals surface area contributed by atoms with E-state index in [4.69, 9.17) is 4.74 Å². The minimum absolute atomic E-state index is 0.280. The molecule has 1 aliphatic heterocycles. The zero-order valence-electron chi connectivity index (χ0n) is 13.1. The maximum absolute atomic E-state index is 9.57. The predicted octanol–water partition coefficient (Wildman–Crippen LogP) is 3.97.